The molecular weight excluding hydrogens is 230 g/mol. The molecule has 1 atom stereocenters. The molecular formula is C13H17N3O2. The molecule has 1 heterocycles. The molecule has 96 valence electrons. The average Bonchev–Trinajstić information content (AvgIpc) is 2.57. The molecule has 2 N–H and O–H groups in total. The zero-order valence-electron chi connectivity index (χ0n) is 10.6. The van der Waals surface area contributed by atoms with Gasteiger partial charge in [-0.1, -0.05) is 29.8 Å². The van der Waals surface area contributed by atoms with E-state index >= 15 is 0 Å². The van der Waals surface area contributed by atoms with Crippen LogP contribution in [0.25, 0.3) is 0 Å². The third kappa shape index (κ3) is 2.36. The van der Waals surface area contributed by atoms with Crippen molar-refractivity contribution in [2.75, 3.05) is 20.1 Å². The summed E-state index contributed by atoms with van der Waals surface area (Å²) in [5.74, 6) is -0.190. The minimum absolute atomic E-state index is 0.138. The molecule has 1 aliphatic heterocycles. The number of hydrogen-bond donors (Lipinski definition) is 1. The number of imide groups is 1. The maximum atomic E-state index is 11.7. The lowest BCUT2D eigenvalue weighted by atomic mass is 10.1. The lowest BCUT2D eigenvalue weighted by Gasteiger charge is -2.19. The molecule has 0 aliphatic carbocycles. The number of carbonyl (C=O) groups is 2. The molecule has 5 heteroatoms. The number of hydrogen-bond acceptors (Lipinski definition) is 3. The van der Waals surface area contributed by atoms with Crippen molar-refractivity contribution in [2.45, 2.75) is 13.0 Å². The van der Waals surface area contributed by atoms with Crippen molar-refractivity contribution >= 4 is 11.9 Å². The van der Waals surface area contributed by atoms with Gasteiger partial charge < -0.3 is 10.6 Å². The van der Waals surface area contributed by atoms with Crippen LogP contribution in [0, 0.1) is 6.92 Å². The van der Waals surface area contributed by atoms with Crippen LogP contribution >= 0.6 is 0 Å². The monoisotopic (exact) mass is 247 g/mol. The summed E-state index contributed by atoms with van der Waals surface area (Å²) in [4.78, 5) is 25.9. The van der Waals surface area contributed by atoms with Crippen molar-refractivity contribution in [1.29, 1.82) is 0 Å². The number of benzene rings is 1. The Kier molecular flexibility index (Phi) is 3.34. The highest BCUT2D eigenvalue weighted by atomic mass is 16.2. The Morgan fingerprint density at radius 2 is 1.89 bits per heavy atom. The topological polar surface area (TPSA) is 66.6 Å². The molecule has 0 aromatic heterocycles. The number of likely N-dealkylation sites (N-methyl/N-ethyl adjacent to an activating group) is 1. The van der Waals surface area contributed by atoms with E-state index in [2.05, 4.69) is 0 Å². The van der Waals surface area contributed by atoms with Gasteiger partial charge in [-0.15, -0.1) is 0 Å². The molecule has 1 fully saturated rings. The summed E-state index contributed by atoms with van der Waals surface area (Å²) in [5.41, 5.74) is 8.11. The lowest BCUT2D eigenvalue weighted by Crippen LogP contribution is -2.37. The van der Waals surface area contributed by atoms with Crippen molar-refractivity contribution in [3.63, 3.8) is 0 Å². The van der Waals surface area contributed by atoms with E-state index in [9.17, 15) is 9.59 Å². The first-order valence-corrected chi connectivity index (χ1v) is 5.86. The zero-order valence-corrected chi connectivity index (χ0v) is 10.6. The van der Waals surface area contributed by atoms with E-state index < -0.39 is 0 Å². The van der Waals surface area contributed by atoms with E-state index in [1.54, 1.807) is 7.05 Å². The van der Waals surface area contributed by atoms with E-state index in [0.717, 1.165) is 11.1 Å². The summed E-state index contributed by atoms with van der Waals surface area (Å²) >= 11 is 0. The number of urea groups is 1. The number of rotatable bonds is 3. The molecule has 0 spiro atoms. The van der Waals surface area contributed by atoms with Crippen LogP contribution in [0.5, 0.6) is 0 Å². The van der Waals surface area contributed by atoms with Crippen molar-refractivity contribution in [2.24, 2.45) is 5.73 Å². The molecule has 1 aromatic carbocycles. The van der Waals surface area contributed by atoms with E-state index in [1.165, 1.54) is 9.80 Å². The number of nitrogens with two attached hydrogens (primary N) is 1. The van der Waals surface area contributed by atoms with Crippen LogP contribution in [0.1, 0.15) is 17.2 Å². The Morgan fingerprint density at radius 3 is 2.39 bits per heavy atom. The second-order valence-corrected chi connectivity index (χ2v) is 4.66. The Bertz CT molecular complexity index is 470. The van der Waals surface area contributed by atoms with Crippen LogP contribution in [-0.2, 0) is 4.79 Å². The molecule has 1 saturated heterocycles. The molecule has 1 unspecified atom stereocenters. The van der Waals surface area contributed by atoms with Gasteiger partial charge in [0.25, 0.3) is 0 Å². The molecule has 0 saturated carbocycles. The summed E-state index contributed by atoms with van der Waals surface area (Å²) in [6.45, 7) is 2.36. The standard InChI is InChI=1S/C13H17N3O2/c1-9-3-5-10(6-4-9)11(14)7-16-12(17)8-15(2)13(16)18/h3-6,11H,7-8,14H2,1-2H3. The van der Waals surface area contributed by atoms with Crippen molar-refractivity contribution < 1.29 is 9.59 Å². The first-order chi connectivity index (χ1) is 8.49. The van der Waals surface area contributed by atoms with Gasteiger partial charge in [-0.2, -0.15) is 0 Å². The van der Waals surface area contributed by atoms with Crippen LogP contribution < -0.4 is 5.73 Å². The van der Waals surface area contributed by atoms with Crippen LogP contribution in [0.2, 0.25) is 0 Å². The quantitative estimate of drug-likeness (QED) is 0.807. The normalized spacial score (nSPS) is 17.5. The predicted octanol–water partition coefficient (Wildman–Crippen LogP) is 0.889. The highest BCUT2D eigenvalue weighted by Crippen LogP contribution is 2.16. The van der Waals surface area contributed by atoms with Gasteiger partial charge >= 0.3 is 6.03 Å². The molecule has 0 bridgehead atoms. The Hall–Kier alpha value is -1.88. The zero-order chi connectivity index (χ0) is 13.3. The fourth-order valence-corrected chi connectivity index (χ4v) is 1.96. The molecule has 1 aliphatic rings. The Labute approximate surface area is 106 Å². The molecule has 2 rings (SSSR count). The summed E-state index contributed by atoms with van der Waals surface area (Å²) in [7, 11) is 1.61. The number of carbonyl (C=O) groups excluding carboxylic acids is 2. The van der Waals surface area contributed by atoms with Gasteiger partial charge in [0.15, 0.2) is 0 Å². The van der Waals surface area contributed by atoms with E-state index in [4.69, 9.17) is 5.73 Å². The number of nitrogens with zero attached hydrogens (tertiary/aromatic N) is 2. The first-order valence-electron chi connectivity index (χ1n) is 5.86. The lowest BCUT2D eigenvalue weighted by molar-refractivity contribution is -0.125. The molecule has 1 aromatic rings. The Morgan fingerprint density at radius 1 is 1.28 bits per heavy atom. The summed E-state index contributed by atoms with van der Waals surface area (Å²) in [6.07, 6.45) is 0. The highest BCUT2D eigenvalue weighted by Gasteiger charge is 2.34. The van der Waals surface area contributed by atoms with Crippen molar-refractivity contribution in [3.05, 3.63) is 35.4 Å². The number of aryl methyl sites for hydroxylation is 1. The van der Waals surface area contributed by atoms with Crippen LogP contribution in [0.4, 0.5) is 4.79 Å². The predicted molar refractivity (Wildman–Crippen MR) is 67.8 cm³/mol. The van der Waals surface area contributed by atoms with Crippen molar-refractivity contribution in [3.8, 4) is 0 Å². The SMILES string of the molecule is Cc1ccc(C(N)CN2C(=O)CN(C)C2=O)cc1. The molecule has 18 heavy (non-hydrogen) atoms. The fraction of sp³-hybridized carbons (Fsp3) is 0.385. The molecule has 5 nitrogen and oxygen atoms in total. The van der Waals surface area contributed by atoms with E-state index in [0.29, 0.717) is 0 Å². The highest BCUT2D eigenvalue weighted by molar-refractivity contribution is 6.01. The summed E-state index contributed by atoms with van der Waals surface area (Å²) < 4.78 is 0. The van der Waals surface area contributed by atoms with Crippen LogP contribution in [0.15, 0.2) is 24.3 Å². The second-order valence-electron chi connectivity index (χ2n) is 4.66. The minimum atomic E-state index is -0.343. The van der Waals surface area contributed by atoms with Crippen molar-refractivity contribution in [1.82, 2.24) is 9.80 Å². The summed E-state index contributed by atoms with van der Waals surface area (Å²) in [5, 5.41) is 0. The van der Waals surface area contributed by atoms with Crippen LogP contribution in [-0.4, -0.2) is 41.9 Å². The third-order valence-corrected chi connectivity index (χ3v) is 3.12. The molecule has 3 amide bonds. The fourth-order valence-electron chi connectivity index (χ4n) is 1.96. The maximum absolute atomic E-state index is 11.7. The van der Waals surface area contributed by atoms with Gasteiger partial charge in [-0.3, -0.25) is 9.69 Å². The largest absolute Gasteiger partial charge is 0.327 e. The first kappa shape index (κ1) is 12.6. The third-order valence-electron chi connectivity index (χ3n) is 3.12. The smallest absolute Gasteiger partial charge is 0.322 e. The summed E-state index contributed by atoms with van der Waals surface area (Å²) in [6, 6.07) is 7.17. The van der Waals surface area contributed by atoms with Gasteiger partial charge in [-0.05, 0) is 12.5 Å². The van der Waals surface area contributed by atoms with Gasteiger partial charge in [0.05, 0.1) is 0 Å². The van der Waals surface area contributed by atoms with Gasteiger partial charge in [0.2, 0.25) is 5.91 Å². The van der Waals surface area contributed by atoms with Gasteiger partial charge in [0.1, 0.15) is 6.54 Å². The number of amides is 3. The van der Waals surface area contributed by atoms with E-state index in [1.807, 2.05) is 31.2 Å². The van der Waals surface area contributed by atoms with E-state index in [-0.39, 0.29) is 31.1 Å². The van der Waals surface area contributed by atoms with Gasteiger partial charge in [0, 0.05) is 19.6 Å². The Balaban J connectivity index is 2.07. The maximum Gasteiger partial charge on any atom is 0.327 e. The van der Waals surface area contributed by atoms with Crippen LogP contribution in [0.3, 0.4) is 0 Å². The average molecular weight is 247 g/mol. The minimum Gasteiger partial charge on any atom is -0.322 e. The van der Waals surface area contributed by atoms with Gasteiger partial charge in [-0.25, -0.2) is 4.79 Å². The molecule has 0 radical (unpaired) electrons. The second kappa shape index (κ2) is 4.78.